The number of carbonyl (C=O) groups excluding carboxylic acids is 1. The molecule has 0 unspecified atom stereocenters. The van der Waals surface area contributed by atoms with Crippen LogP contribution in [0, 0.1) is 0 Å². The lowest BCUT2D eigenvalue weighted by molar-refractivity contribution is -0.139. The van der Waals surface area contributed by atoms with Gasteiger partial charge in [0.15, 0.2) is 16.3 Å². The van der Waals surface area contributed by atoms with Crippen LogP contribution in [0.3, 0.4) is 0 Å². The SMILES string of the molecule is CCCC1=C(C(=O)OCC)[C@@H](c2cc(Cl)ccc2OC)n2c(s/c(=C/c3ccc(OCc4ccc(Cl)cc4)c(OC)c3)c2=O)=N1. The molecule has 1 atom stereocenters. The Balaban J connectivity index is 1.61. The van der Waals surface area contributed by atoms with Gasteiger partial charge < -0.3 is 18.9 Å². The Morgan fingerprint density at radius 1 is 0.956 bits per heavy atom. The maximum Gasteiger partial charge on any atom is 0.338 e. The predicted molar refractivity (Wildman–Crippen MR) is 176 cm³/mol. The van der Waals surface area contributed by atoms with Crippen molar-refractivity contribution in [3.8, 4) is 17.2 Å². The molecule has 0 saturated carbocycles. The lowest BCUT2D eigenvalue weighted by Crippen LogP contribution is -2.40. The third-order valence-corrected chi connectivity index (χ3v) is 8.64. The average Bonchev–Trinajstić information content (AvgIpc) is 3.34. The number of methoxy groups -OCH3 is 2. The summed E-state index contributed by atoms with van der Waals surface area (Å²) >= 11 is 13.7. The van der Waals surface area contributed by atoms with Crippen molar-refractivity contribution in [2.75, 3.05) is 20.8 Å². The zero-order chi connectivity index (χ0) is 32.1. The molecule has 2 heterocycles. The summed E-state index contributed by atoms with van der Waals surface area (Å²) in [5, 5.41) is 1.10. The van der Waals surface area contributed by atoms with E-state index in [1.807, 2.05) is 37.3 Å². The van der Waals surface area contributed by atoms with Crippen molar-refractivity contribution >= 4 is 46.6 Å². The second-order valence-corrected chi connectivity index (χ2v) is 12.0. The van der Waals surface area contributed by atoms with Crippen molar-refractivity contribution in [1.82, 2.24) is 4.57 Å². The number of rotatable bonds is 11. The van der Waals surface area contributed by atoms with Gasteiger partial charge >= 0.3 is 5.97 Å². The molecule has 0 spiro atoms. The second kappa shape index (κ2) is 14.4. The molecule has 8 nitrogen and oxygen atoms in total. The first-order chi connectivity index (χ1) is 21.8. The molecule has 0 N–H and O–H groups in total. The smallest absolute Gasteiger partial charge is 0.338 e. The first-order valence-corrected chi connectivity index (χ1v) is 16.0. The number of nitrogens with zero attached hydrogens (tertiary/aromatic N) is 2. The van der Waals surface area contributed by atoms with Gasteiger partial charge in [-0.1, -0.05) is 66.1 Å². The van der Waals surface area contributed by atoms with Gasteiger partial charge in [-0.15, -0.1) is 0 Å². The maximum atomic E-state index is 14.1. The molecule has 1 aliphatic heterocycles. The molecule has 0 bridgehead atoms. The zero-order valence-corrected chi connectivity index (χ0v) is 27.6. The highest BCUT2D eigenvalue weighted by Gasteiger charge is 2.36. The zero-order valence-electron chi connectivity index (χ0n) is 25.3. The van der Waals surface area contributed by atoms with Crippen LogP contribution in [0.25, 0.3) is 6.08 Å². The molecule has 3 aromatic carbocycles. The molecule has 4 aromatic rings. The standard InChI is InChI=1S/C34H32Cl2N2O6S/c1-5-7-25-30(33(40)43-6-2)31(24-18-23(36)13-15-26(24)41-3)38-32(39)29(45-34(38)37-25)17-21-10-14-27(28(16-21)42-4)44-19-20-8-11-22(35)12-9-20/h8-18,31H,5-7,19H2,1-4H3/b29-17+/t31-/m1/s1. The van der Waals surface area contributed by atoms with E-state index >= 15 is 0 Å². The molecule has 0 fully saturated rings. The number of thiazole rings is 1. The van der Waals surface area contributed by atoms with Gasteiger partial charge in [-0.05, 0) is 73.0 Å². The molecular formula is C34H32Cl2N2O6S. The summed E-state index contributed by atoms with van der Waals surface area (Å²) in [7, 11) is 3.10. The molecule has 0 amide bonds. The van der Waals surface area contributed by atoms with Crippen LogP contribution in [-0.4, -0.2) is 31.4 Å². The van der Waals surface area contributed by atoms with E-state index in [0.29, 0.717) is 66.5 Å². The van der Waals surface area contributed by atoms with Crippen molar-refractivity contribution in [3.05, 3.63) is 118 Å². The molecule has 1 aliphatic rings. The van der Waals surface area contributed by atoms with E-state index in [9.17, 15) is 9.59 Å². The third-order valence-electron chi connectivity index (χ3n) is 7.17. The molecule has 0 saturated heterocycles. The predicted octanol–water partition coefficient (Wildman–Crippen LogP) is 6.48. The van der Waals surface area contributed by atoms with Crippen LogP contribution < -0.4 is 29.1 Å². The van der Waals surface area contributed by atoms with Crippen molar-refractivity contribution in [2.24, 2.45) is 4.99 Å². The van der Waals surface area contributed by atoms with Gasteiger partial charge in [0.1, 0.15) is 18.4 Å². The first-order valence-electron chi connectivity index (χ1n) is 14.4. The number of hydrogen-bond acceptors (Lipinski definition) is 8. The molecule has 11 heteroatoms. The number of ether oxygens (including phenoxy) is 4. The van der Waals surface area contributed by atoms with Gasteiger partial charge in [-0.2, -0.15) is 0 Å². The fourth-order valence-corrected chi connectivity index (χ4v) is 6.45. The highest BCUT2D eigenvalue weighted by molar-refractivity contribution is 7.07. The summed E-state index contributed by atoms with van der Waals surface area (Å²) in [6.07, 6.45) is 3.03. The van der Waals surface area contributed by atoms with Gasteiger partial charge in [0, 0.05) is 15.6 Å². The highest BCUT2D eigenvalue weighted by Crippen LogP contribution is 2.38. The first kappa shape index (κ1) is 32.3. The van der Waals surface area contributed by atoms with Crippen molar-refractivity contribution in [1.29, 1.82) is 0 Å². The Labute approximate surface area is 274 Å². The van der Waals surface area contributed by atoms with Crippen molar-refractivity contribution in [2.45, 2.75) is 39.3 Å². The maximum absolute atomic E-state index is 14.1. The summed E-state index contributed by atoms with van der Waals surface area (Å²) in [5.74, 6) is 1.02. The quantitative estimate of drug-likeness (QED) is 0.170. The van der Waals surface area contributed by atoms with E-state index in [-0.39, 0.29) is 12.2 Å². The molecule has 0 aliphatic carbocycles. The Bertz CT molecular complexity index is 1930. The van der Waals surface area contributed by atoms with Crippen LogP contribution >= 0.6 is 34.5 Å². The number of aromatic nitrogens is 1. The molecule has 5 rings (SSSR count). The van der Waals surface area contributed by atoms with Crippen LogP contribution in [0.4, 0.5) is 0 Å². The molecule has 234 valence electrons. The number of fused-ring (bicyclic) bond motifs is 1. The minimum Gasteiger partial charge on any atom is -0.496 e. The highest BCUT2D eigenvalue weighted by atomic mass is 35.5. The van der Waals surface area contributed by atoms with Crippen LogP contribution in [-0.2, 0) is 16.1 Å². The number of allylic oxidation sites excluding steroid dienone is 1. The van der Waals surface area contributed by atoms with Crippen LogP contribution in [0.1, 0.15) is 49.4 Å². The molecule has 0 radical (unpaired) electrons. The van der Waals surface area contributed by atoms with Gasteiger partial charge in [-0.3, -0.25) is 9.36 Å². The summed E-state index contributed by atoms with van der Waals surface area (Å²) < 4.78 is 24.7. The topological polar surface area (TPSA) is 88.4 Å². The molecule has 1 aromatic heterocycles. The van der Waals surface area contributed by atoms with Gasteiger partial charge in [0.05, 0.1) is 36.6 Å². The Hall–Kier alpha value is -4.05. The molecule has 45 heavy (non-hydrogen) atoms. The van der Waals surface area contributed by atoms with Crippen LogP contribution in [0.15, 0.2) is 81.7 Å². The fourth-order valence-electron chi connectivity index (χ4n) is 5.12. The monoisotopic (exact) mass is 666 g/mol. The summed E-state index contributed by atoms with van der Waals surface area (Å²) in [5.41, 5.74) is 2.80. The summed E-state index contributed by atoms with van der Waals surface area (Å²) in [4.78, 5) is 32.9. The van der Waals surface area contributed by atoms with E-state index in [2.05, 4.69) is 0 Å². The summed E-state index contributed by atoms with van der Waals surface area (Å²) in [6, 6.07) is 17.2. The van der Waals surface area contributed by atoms with Crippen LogP contribution in [0.2, 0.25) is 10.0 Å². The van der Waals surface area contributed by atoms with Crippen LogP contribution in [0.5, 0.6) is 17.2 Å². The lowest BCUT2D eigenvalue weighted by Gasteiger charge is -2.27. The normalized spacial score (nSPS) is 14.5. The number of halogens is 2. The van der Waals surface area contributed by atoms with Gasteiger partial charge in [0.2, 0.25) is 0 Å². The average molecular weight is 668 g/mol. The number of hydrogen-bond donors (Lipinski definition) is 0. The Morgan fingerprint density at radius 2 is 1.67 bits per heavy atom. The van der Waals surface area contributed by atoms with E-state index < -0.39 is 12.0 Å². The van der Waals surface area contributed by atoms with E-state index in [1.165, 1.54) is 23.0 Å². The fraction of sp³-hybridized carbons (Fsp3) is 0.265. The number of carbonyl (C=O) groups is 1. The Morgan fingerprint density at radius 3 is 2.36 bits per heavy atom. The van der Waals surface area contributed by atoms with Crippen molar-refractivity contribution < 1.29 is 23.7 Å². The molecular weight excluding hydrogens is 635 g/mol. The summed E-state index contributed by atoms with van der Waals surface area (Å²) in [6.45, 7) is 4.25. The minimum absolute atomic E-state index is 0.173. The number of benzene rings is 3. The second-order valence-electron chi connectivity index (χ2n) is 10.1. The van der Waals surface area contributed by atoms with Crippen molar-refractivity contribution in [3.63, 3.8) is 0 Å². The Kier molecular flexibility index (Phi) is 10.3. The third kappa shape index (κ3) is 6.96. The lowest BCUT2D eigenvalue weighted by atomic mass is 9.93. The van der Waals surface area contributed by atoms with Gasteiger partial charge in [-0.25, -0.2) is 9.79 Å². The van der Waals surface area contributed by atoms with E-state index in [0.717, 1.165) is 17.5 Å². The van der Waals surface area contributed by atoms with E-state index in [1.54, 1.807) is 50.4 Å². The van der Waals surface area contributed by atoms with E-state index in [4.69, 9.17) is 47.1 Å². The largest absolute Gasteiger partial charge is 0.496 e. The van der Waals surface area contributed by atoms with Gasteiger partial charge in [0.25, 0.3) is 5.56 Å². The minimum atomic E-state index is -0.851. The number of esters is 1.